The molecule has 1 heteroatoms. The van der Waals surface area contributed by atoms with Crippen LogP contribution in [-0.2, 0) is 32.7 Å². The molecule has 0 nitrogen and oxygen atoms in total. The van der Waals surface area contributed by atoms with Crippen molar-refractivity contribution in [1.82, 2.24) is 0 Å². The molecular weight excluding hydrogens is 305 g/mol. The van der Waals surface area contributed by atoms with Crippen LogP contribution in [0.5, 0.6) is 0 Å². The van der Waals surface area contributed by atoms with Gasteiger partial charge >= 0.3 is 0 Å². The Morgan fingerprint density at radius 3 is 0.632 bits per heavy atom. The van der Waals surface area contributed by atoms with Crippen molar-refractivity contribution in [2.45, 2.75) is 97.8 Å². The predicted molar refractivity (Wildman–Crippen MR) is 82.9 cm³/mol. The smallest absolute Gasteiger partial charge is 0 e. The summed E-state index contributed by atoms with van der Waals surface area (Å²) in [6, 6.07) is 0. The molecule has 3 fully saturated rings. The van der Waals surface area contributed by atoms with Gasteiger partial charge in [0.1, 0.15) is 0 Å². The first kappa shape index (κ1) is 20.1. The van der Waals surface area contributed by atoms with E-state index < -0.39 is 0 Å². The maximum Gasteiger partial charge on any atom is 0 e. The molecule has 0 heterocycles. The largest absolute Gasteiger partial charge is 0.0625 e. The van der Waals surface area contributed by atoms with E-state index in [2.05, 4.69) is 20.8 Å². The molecule has 3 aliphatic carbocycles. The van der Waals surface area contributed by atoms with E-state index in [-0.39, 0.29) is 32.7 Å². The summed E-state index contributed by atoms with van der Waals surface area (Å²) in [6.07, 6.45) is 17.8. The Morgan fingerprint density at radius 1 is 0.421 bits per heavy atom. The minimum absolute atomic E-state index is 0. The first-order valence-corrected chi connectivity index (χ1v) is 8.68. The molecule has 3 rings (SSSR count). The average molecular weight is 341 g/mol. The van der Waals surface area contributed by atoms with Crippen LogP contribution in [0.15, 0.2) is 0 Å². The van der Waals surface area contributed by atoms with E-state index in [9.17, 15) is 0 Å². The van der Waals surface area contributed by atoms with Crippen LogP contribution in [0.2, 0.25) is 0 Å². The van der Waals surface area contributed by atoms with Crippen LogP contribution in [0.3, 0.4) is 0 Å². The van der Waals surface area contributed by atoms with Gasteiger partial charge in [-0.25, -0.2) is 0 Å². The molecule has 0 aromatic heterocycles. The van der Waals surface area contributed by atoms with Gasteiger partial charge < -0.3 is 0 Å². The van der Waals surface area contributed by atoms with Gasteiger partial charge in [0.2, 0.25) is 0 Å². The zero-order valence-electron chi connectivity index (χ0n) is 13.8. The molecule has 1 radical (unpaired) electrons. The number of rotatable bonds is 0. The molecule has 0 atom stereocenters. The maximum atomic E-state index is 2.34. The third-order valence-corrected chi connectivity index (χ3v) is 4.93. The first-order valence-electron chi connectivity index (χ1n) is 8.68. The van der Waals surface area contributed by atoms with Crippen LogP contribution < -0.4 is 0 Å². The normalized spacial score (nSPS) is 24.2. The third-order valence-electron chi connectivity index (χ3n) is 4.93. The summed E-state index contributed by atoms with van der Waals surface area (Å²) in [5.74, 6) is 3.14. The Kier molecular flexibility index (Phi) is 13.6. The summed E-state index contributed by atoms with van der Waals surface area (Å²) in [4.78, 5) is 0. The summed E-state index contributed by atoms with van der Waals surface area (Å²) in [7, 11) is 0. The molecule has 0 amide bonds. The van der Waals surface area contributed by atoms with Gasteiger partial charge in [-0.05, 0) is 17.8 Å². The molecule has 0 saturated heterocycles. The van der Waals surface area contributed by atoms with Gasteiger partial charge in [-0.3, -0.25) is 0 Å². The molecule has 0 aliphatic heterocycles. The zero-order valence-corrected chi connectivity index (χ0v) is 16.6. The molecule has 0 unspecified atom stereocenters. The SMILES string of the molecule is CC1CCCC1.CC1CCCC1.CC1CCCC1.[Y]. The molecule has 3 aliphatic rings. The molecular formula is C18H36Y. The third kappa shape index (κ3) is 11.4. The van der Waals surface area contributed by atoms with E-state index >= 15 is 0 Å². The Labute approximate surface area is 147 Å². The Morgan fingerprint density at radius 2 is 0.579 bits per heavy atom. The molecule has 0 N–H and O–H groups in total. The van der Waals surface area contributed by atoms with Crippen molar-refractivity contribution in [3.63, 3.8) is 0 Å². The summed E-state index contributed by atoms with van der Waals surface area (Å²) in [5.41, 5.74) is 0. The fourth-order valence-electron chi connectivity index (χ4n) is 3.39. The van der Waals surface area contributed by atoms with Crippen LogP contribution in [0, 0.1) is 17.8 Å². The van der Waals surface area contributed by atoms with Gasteiger partial charge in [-0.15, -0.1) is 0 Å². The van der Waals surface area contributed by atoms with Crippen LogP contribution in [-0.4, -0.2) is 0 Å². The maximum absolute atomic E-state index is 2.34. The molecule has 19 heavy (non-hydrogen) atoms. The standard InChI is InChI=1S/3C6H12.Y/c3*1-6-4-2-3-5-6;/h3*6H,2-5H2,1H3;. The topological polar surface area (TPSA) is 0 Å². The molecule has 0 bridgehead atoms. The van der Waals surface area contributed by atoms with Crippen molar-refractivity contribution < 1.29 is 32.7 Å². The van der Waals surface area contributed by atoms with E-state index in [1.807, 2.05) is 0 Å². The predicted octanol–water partition coefficient (Wildman–Crippen LogP) is 6.59. The van der Waals surface area contributed by atoms with Crippen molar-refractivity contribution >= 4 is 0 Å². The quantitative estimate of drug-likeness (QED) is 0.466. The van der Waals surface area contributed by atoms with Crippen LogP contribution in [0.4, 0.5) is 0 Å². The Bertz CT molecular complexity index is 139. The average Bonchev–Trinajstić information content (AvgIpc) is 3.05. The van der Waals surface area contributed by atoms with Gasteiger partial charge in [0.05, 0.1) is 0 Å². The van der Waals surface area contributed by atoms with E-state index in [1.54, 1.807) is 0 Å². The van der Waals surface area contributed by atoms with Gasteiger partial charge in [0.15, 0.2) is 0 Å². The van der Waals surface area contributed by atoms with Gasteiger partial charge in [0.25, 0.3) is 0 Å². The van der Waals surface area contributed by atoms with Gasteiger partial charge in [-0.2, -0.15) is 0 Å². The monoisotopic (exact) mass is 341 g/mol. The summed E-state index contributed by atoms with van der Waals surface area (Å²) in [5, 5.41) is 0. The van der Waals surface area contributed by atoms with E-state index in [4.69, 9.17) is 0 Å². The van der Waals surface area contributed by atoms with Crippen LogP contribution in [0.1, 0.15) is 97.8 Å². The van der Waals surface area contributed by atoms with Gasteiger partial charge in [0, 0.05) is 32.7 Å². The van der Waals surface area contributed by atoms with E-state index in [0.29, 0.717) is 0 Å². The first-order chi connectivity index (χ1) is 8.68. The second-order valence-corrected chi connectivity index (χ2v) is 7.17. The summed E-state index contributed by atoms with van der Waals surface area (Å²) < 4.78 is 0. The van der Waals surface area contributed by atoms with E-state index in [0.717, 1.165) is 17.8 Å². The summed E-state index contributed by atoms with van der Waals surface area (Å²) in [6.45, 7) is 7.02. The Hall–Kier alpha value is 1.10. The minimum Gasteiger partial charge on any atom is -0.0625 e. The summed E-state index contributed by atoms with van der Waals surface area (Å²) >= 11 is 0. The fourth-order valence-corrected chi connectivity index (χ4v) is 3.39. The molecule has 3 saturated carbocycles. The van der Waals surface area contributed by atoms with Gasteiger partial charge in [-0.1, -0.05) is 97.8 Å². The molecule has 111 valence electrons. The van der Waals surface area contributed by atoms with Crippen molar-refractivity contribution in [3.8, 4) is 0 Å². The van der Waals surface area contributed by atoms with E-state index in [1.165, 1.54) is 77.0 Å². The number of hydrogen-bond acceptors (Lipinski definition) is 0. The van der Waals surface area contributed by atoms with Crippen molar-refractivity contribution in [2.24, 2.45) is 17.8 Å². The number of hydrogen-bond donors (Lipinski definition) is 0. The minimum atomic E-state index is 0. The van der Waals surface area contributed by atoms with Crippen molar-refractivity contribution in [1.29, 1.82) is 0 Å². The second kappa shape index (κ2) is 12.8. The van der Waals surface area contributed by atoms with Crippen LogP contribution >= 0.6 is 0 Å². The fraction of sp³-hybridized carbons (Fsp3) is 1.00. The second-order valence-electron chi connectivity index (χ2n) is 7.17. The Balaban J connectivity index is 0.000000249. The molecule has 0 spiro atoms. The van der Waals surface area contributed by atoms with Crippen molar-refractivity contribution in [3.05, 3.63) is 0 Å². The van der Waals surface area contributed by atoms with Crippen LogP contribution in [0.25, 0.3) is 0 Å². The molecule has 0 aromatic rings. The van der Waals surface area contributed by atoms with Crippen molar-refractivity contribution in [2.75, 3.05) is 0 Å². The zero-order chi connectivity index (χ0) is 13.2. The molecule has 0 aromatic carbocycles.